The molecule has 2 aromatic heterocycles. The van der Waals surface area contributed by atoms with Crippen molar-refractivity contribution in [1.82, 2.24) is 10.2 Å². The maximum atomic E-state index is 12.0. The van der Waals surface area contributed by atoms with Gasteiger partial charge in [-0.05, 0) is 30.3 Å². The zero-order chi connectivity index (χ0) is 18.9. The van der Waals surface area contributed by atoms with Crippen LogP contribution in [0.2, 0.25) is 0 Å². The first-order valence-electron chi connectivity index (χ1n) is 6.93. The van der Waals surface area contributed by atoms with E-state index in [1.807, 2.05) is 0 Å². The summed E-state index contributed by atoms with van der Waals surface area (Å²) < 4.78 is 28.2. The molecule has 1 N–H and O–H groups in total. The first-order chi connectivity index (χ1) is 12.2. The highest BCUT2D eigenvalue weighted by molar-refractivity contribution is 7.90. The van der Waals surface area contributed by atoms with E-state index in [9.17, 15) is 23.3 Å². The molecule has 0 radical (unpaired) electrons. The van der Waals surface area contributed by atoms with Gasteiger partial charge in [-0.3, -0.25) is 20.2 Å². The average Bonchev–Trinajstić information content (AvgIpc) is 3.23. The van der Waals surface area contributed by atoms with E-state index >= 15 is 0 Å². The van der Waals surface area contributed by atoms with Gasteiger partial charge in [0.15, 0.2) is 9.84 Å². The third-order valence-corrected chi connectivity index (χ3v) is 5.33. The molecule has 0 aliphatic heterocycles. The van der Waals surface area contributed by atoms with E-state index in [2.05, 4.69) is 15.5 Å². The summed E-state index contributed by atoms with van der Waals surface area (Å²) in [5.41, 5.74) is 0.470. The van der Waals surface area contributed by atoms with Crippen LogP contribution in [0.4, 0.5) is 11.0 Å². The molecule has 0 fully saturated rings. The number of rotatable bonds is 5. The molecule has 134 valence electrons. The Labute approximate surface area is 150 Å². The lowest BCUT2D eigenvalue weighted by Gasteiger charge is -1.99. The van der Waals surface area contributed by atoms with Crippen molar-refractivity contribution >= 4 is 38.1 Å². The molecule has 0 saturated heterocycles. The number of benzene rings is 1. The van der Waals surface area contributed by atoms with Gasteiger partial charge in [-0.1, -0.05) is 16.4 Å². The fourth-order valence-corrected chi connectivity index (χ4v) is 3.29. The van der Waals surface area contributed by atoms with E-state index in [0.29, 0.717) is 5.56 Å². The second-order valence-electron chi connectivity index (χ2n) is 5.06. The lowest BCUT2D eigenvalue weighted by molar-refractivity contribution is -0.380. The average molecular weight is 394 g/mol. The van der Waals surface area contributed by atoms with Gasteiger partial charge in [0, 0.05) is 17.9 Å². The summed E-state index contributed by atoms with van der Waals surface area (Å²) in [4.78, 5) is 22.4. The summed E-state index contributed by atoms with van der Waals surface area (Å²) in [5.74, 6) is -0.539. The van der Waals surface area contributed by atoms with Crippen molar-refractivity contribution < 1.29 is 22.6 Å². The second kappa shape index (κ2) is 6.65. The van der Waals surface area contributed by atoms with Crippen molar-refractivity contribution in [2.24, 2.45) is 0 Å². The molecule has 10 nitrogen and oxygen atoms in total. The maximum absolute atomic E-state index is 12.0. The van der Waals surface area contributed by atoms with Crippen LogP contribution in [0, 0.1) is 10.1 Å². The number of sulfone groups is 1. The predicted molar refractivity (Wildman–Crippen MR) is 91.8 cm³/mol. The van der Waals surface area contributed by atoms with E-state index in [4.69, 9.17) is 4.42 Å². The van der Waals surface area contributed by atoms with Crippen molar-refractivity contribution in [1.29, 1.82) is 0 Å². The summed E-state index contributed by atoms with van der Waals surface area (Å²) in [6, 6.07) is 8.15. The number of amides is 1. The first kappa shape index (κ1) is 17.7. The lowest BCUT2D eigenvalue weighted by Crippen LogP contribution is -2.10. The van der Waals surface area contributed by atoms with Crippen LogP contribution in [0.25, 0.3) is 11.5 Å². The van der Waals surface area contributed by atoms with Crippen LogP contribution >= 0.6 is 11.3 Å². The van der Waals surface area contributed by atoms with E-state index in [1.165, 1.54) is 36.4 Å². The molecule has 12 heteroatoms. The van der Waals surface area contributed by atoms with Gasteiger partial charge in [0.1, 0.15) is 0 Å². The highest BCUT2D eigenvalue weighted by Gasteiger charge is 2.18. The SMILES string of the molecule is CS(=O)(=O)c1ccc(-c2nnc(NC(=O)c3ccc([N+](=O)[O-])s3)o2)cc1. The van der Waals surface area contributed by atoms with Crippen LogP contribution in [0.15, 0.2) is 45.7 Å². The molecule has 0 atom stereocenters. The summed E-state index contributed by atoms with van der Waals surface area (Å²) in [6.07, 6.45) is 1.09. The highest BCUT2D eigenvalue weighted by Crippen LogP contribution is 2.25. The number of aromatic nitrogens is 2. The summed E-state index contributed by atoms with van der Waals surface area (Å²) in [7, 11) is -3.32. The Bertz CT molecular complexity index is 1080. The van der Waals surface area contributed by atoms with Gasteiger partial charge >= 0.3 is 11.0 Å². The molecule has 0 aliphatic rings. The molecule has 3 aromatic rings. The number of nitrogens with one attached hydrogen (secondary N) is 1. The lowest BCUT2D eigenvalue weighted by atomic mass is 10.2. The minimum absolute atomic E-state index is 0.0810. The number of anilines is 1. The summed E-state index contributed by atoms with van der Waals surface area (Å²) in [6.45, 7) is 0. The Balaban J connectivity index is 1.75. The molecular formula is C14H10N4O6S2. The van der Waals surface area contributed by atoms with Crippen LogP contribution in [0.3, 0.4) is 0 Å². The molecule has 0 saturated carbocycles. The monoisotopic (exact) mass is 394 g/mol. The number of thiophene rings is 1. The molecule has 0 spiro atoms. The van der Waals surface area contributed by atoms with E-state index in [-0.39, 0.29) is 26.7 Å². The smallest absolute Gasteiger partial charge is 0.324 e. The minimum Gasteiger partial charge on any atom is -0.403 e. The molecule has 3 rings (SSSR count). The molecule has 26 heavy (non-hydrogen) atoms. The van der Waals surface area contributed by atoms with Gasteiger partial charge < -0.3 is 4.42 Å². The molecule has 0 unspecified atom stereocenters. The summed E-state index contributed by atoms with van der Waals surface area (Å²) >= 11 is 0.718. The Hall–Kier alpha value is -3.12. The zero-order valence-electron chi connectivity index (χ0n) is 13.1. The molecule has 0 bridgehead atoms. The zero-order valence-corrected chi connectivity index (χ0v) is 14.7. The van der Waals surface area contributed by atoms with Gasteiger partial charge in [-0.15, -0.1) is 5.10 Å². The van der Waals surface area contributed by atoms with Crippen LogP contribution in [-0.2, 0) is 9.84 Å². The third-order valence-electron chi connectivity index (χ3n) is 3.17. The van der Waals surface area contributed by atoms with Crippen molar-refractivity contribution in [2.45, 2.75) is 4.90 Å². The molecule has 0 aliphatic carbocycles. The van der Waals surface area contributed by atoms with Crippen LogP contribution in [0.5, 0.6) is 0 Å². The van der Waals surface area contributed by atoms with Crippen LogP contribution in [-0.4, -0.2) is 35.7 Å². The quantitative estimate of drug-likeness (QED) is 0.512. The fraction of sp³-hybridized carbons (Fsp3) is 0.0714. The molecule has 1 amide bonds. The van der Waals surface area contributed by atoms with Crippen molar-refractivity contribution in [3.05, 3.63) is 51.4 Å². The molecular weight excluding hydrogens is 384 g/mol. The third kappa shape index (κ3) is 3.75. The number of nitro groups is 1. The van der Waals surface area contributed by atoms with Crippen LogP contribution in [0.1, 0.15) is 9.67 Å². The van der Waals surface area contributed by atoms with Crippen molar-refractivity contribution in [3.63, 3.8) is 0 Å². The van der Waals surface area contributed by atoms with E-state index < -0.39 is 20.7 Å². The number of nitrogens with zero attached hydrogens (tertiary/aromatic N) is 3. The van der Waals surface area contributed by atoms with Gasteiger partial charge in [-0.25, -0.2) is 8.42 Å². The second-order valence-corrected chi connectivity index (χ2v) is 8.14. The van der Waals surface area contributed by atoms with E-state index in [1.54, 1.807) is 0 Å². The Morgan fingerprint density at radius 3 is 2.46 bits per heavy atom. The Morgan fingerprint density at radius 1 is 1.19 bits per heavy atom. The minimum atomic E-state index is -3.32. The summed E-state index contributed by atoms with van der Waals surface area (Å²) in [5, 5.41) is 20.3. The fourth-order valence-electron chi connectivity index (χ4n) is 1.94. The maximum Gasteiger partial charge on any atom is 0.324 e. The first-order valence-corrected chi connectivity index (χ1v) is 9.64. The topological polar surface area (TPSA) is 145 Å². The molecule has 2 heterocycles. The van der Waals surface area contributed by atoms with Crippen molar-refractivity contribution in [3.8, 4) is 11.5 Å². The van der Waals surface area contributed by atoms with Gasteiger partial charge in [0.2, 0.25) is 5.89 Å². The van der Waals surface area contributed by atoms with Crippen molar-refractivity contribution in [2.75, 3.05) is 11.6 Å². The van der Waals surface area contributed by atoms with E-state index in [0.717, 1.165) is 17.6 Å². The van der Waals surface area contributed by atoms with Gasteiger partial charge in [-0.2, -0.15) is 0 Å². The predicted octanol–water partition coefficient (Wildman–Crippen LogP) is 2.36. The highest BCUT2D eigenvalue weighted by atomic mass is 32.2. The number of carbonyl (C=O) groups is 1. The Morgan fingerprint density at radius 2 is 1.88 bits per heavy atom. The number of hydrogen-bond donors (Lipinski definition) is 1. The molecule has 1 aromatic carbocycles. The number of hydrogen-bond acceptors (Lipinski definition) is 9. The Kier molecular flexibility index (Phi) is 4.52. The largest absolute Gasteiger partial charge is 0.403 e. The van der Waals surface area contributed by atoms with Gasteiger partial charge in [0.25, 0.3) is 5.91 Å². The number of carbonyl (C=O) groups excluding carboxylic acids is 1. The standard InChI is InChI=1S/C14H10N4O6S2/c1-26(22,23)9-4-2-8(3-5-9)13-16-17-14(24-13)15-12(19)10-6-7-11(25-10)18(20)21/h2-7H,1H3,(H,15,17,19). The normalized spacial score (nSPS) is 11.3. The van der Waals surface area contributed by atoms with Crippen LogP contribution < -0.4 is 5.32 Å². The van der Waals surface area contributed by atoms with Gasteiger partial charge in [0.05, 0.1) is 14.7 Å².